The Bertz CT molecular complexity index is 378. The molecule has 0 spiro atoms. The van der Waals surface area contributed by atoms with Gasteiger partial charge in [-0.2, -0.15) is 0 Å². The normalized spacial score (nSPS) is 33.2. The van der Waals surface area contributed by atoms with Crippen LogP contribution in [0.3, 0.4) is 0 Å². The minimum Gasteiger partial charge on any atom is -0.478 e. The summed E-state index contributed by atoms with van der Waals surface area (Å²) in [4.78, 5) is 11.1. The maximum Gasteiger partial charge on any atom is 0.331 e. The summed E-state index contributed by atoms with van der Waals surface area (Å²) in [6.07, 6.45) is 5.51. The highest BCUT2D eigenvalue weighted by Gasteiger charge is 2.35. The fourth-order valence-electron chi connectivity index (χ4n) is 3.48. The molecule has 2 aliphatic carbocycles. The van der Waals surface area contributed by atoms with E-state index in [1.807, 2.05) is 0 Å². The molecule has 0 aromatic rings. The zero-order valence-electron chi connectivity index (χ0n) is 10.8. The van der Waals surface area contributed by atoms with Crippen LogP contribution in [-0.2, 0) is 4.79 Å². The van der Waals surface area contributed by atoms with Crippen LogP contribution in [-0.4, -0.2) is 11.1 Å². The van der Waals surface area contributed by atoms with E-state index >= 15 is 0 Å². The minimum absolute atomic E-state index is 0.172. The average Bonchev–Trinajstić information content (AvgIpc) is 2.55. The lowest BCUT2D eigenvalue weighted by atomic mass is 9.83. The maximum absolute atomic E-state index is 11.1. The minimum atomic E-state index is -0.818. The highest BCUT2D eigenvalue weighted by molar-refractivity contribution is 5.86. The maximum atomic E-state index is 11.1. The van der Waals surface area contributed by atoms with Gasteiger partial charge in [0.1, 0.15) is 0 Å². The first-order valence-electron chi connectivity index (χ1n) is 6.61. The van der Waals surface area contributed by atoms with E-state index < -0.39 is 5.97 Å². The third-order valence-corrected chi connectivity index (χ3v) is 4.73. The zero-order chi connectivity index (χ0) is 12.6. The van der Waals surface area contributed by atoms with E-state index in [9.17, 15) is 4.79 Å². The molecule has 0 aromatic carbocycles. The fourth-order valence-corrected chi connectivity index (χ4v) is 3.48. The average molecular weight is 234 g/mol. The van der Waals surface area contributed by atoms with Crippen molar-refractivity contribution in [1.82, 2.24) is 0 Å². The second-order valence-electron chi connectivity index (χ2n) is 5.73. The Morgan fingerprint density at radius 1 is 1.35 bits per heavy atom. The van der Waals surface area contributed by atoms with Crippen LogP contribution in [0.1, 0.15) is 46.0 Å². The molecule has 1 N–H and O–H groups in total. The molecule has 2 nitrogen and oxygen atoms in total. The molecule has 0 aromatic heterocycles. The van der Waals surface area contributed by atoms with Gasteiger partial charge in [-0.3, -0.25) is 0 Å². The van der Waals surface area contributed by atoms with Crippen molar-refractivity contribution in [2.75, 3.05) is 0 Å². The molecule has 1 saturated carbocycles. The molecule has 0 saturated heterocycles. The molecule has 1 fully saturated rings. The van der Waals surface area contributed by atoms with Gasteiger partial charge in [0, 0.05) is 5.57 Å². The molecule has 0 bridgehead atoms. The van der Waals surface area contributed by atoms with Crippen LogP contribution in [0.5, 0.6) is 0 Å². The summed E-state index contributed by atoms with van der Waals surface area (Å²) in [7, 11) is 0. The summed E-state index contributed by atoms with van der Waals surface area (Å²) >= 11 is 0. The summed E-state index contributed by atoms with van der Waals surface area (Å²) < 4.78 is 0. The monoisotopic (exact) mass is 234 g/mol. The predicted molar refractivity (Wildman–Crippen MR) is 68.7 cm³/mol. The van der Waals surface area contributed by atoms with Crippen molar-refractivity contribution in [1.29, 1.82) is 0 Å². The van der Waals surface area contributed by atoms with Crippen molar-refractivity contribution in [3.05, 3.63) is 23.3 Å². The van der Waals surface area contributed by atoms with Gasteiger partial charge in [0.15, 0.2) is 0 Å². The van der Waals surface area contributed by atoms with Gasteiger partial charge in [0.05, 0.1) is 0 Å². The van der Waals surface area contributed by atoms with Gasteiger partial charge in [-0.25, -0.2) is 4.79 Å². The Kier molecular flexibility index (Phi) is 3.41. The van der Waals surface area contributed by atoms with E-state index in [0.717, 1.165) is 19.3 Å². The zero-order valence-corrected chi connectivity index (χ0v) is 10.8. The molecule has 3 atom stereocenters. The van der Waals surface area contributed by atoms with Crippen molar-refractivity contribution in [3.63, 3.8) is 0 Å². The van der Waals surface area contributed by atoms with E-state index in [-0.39, 0.29) is 5.92 Å². The Morgan fingerprint density at radius 2 is 2.06 bits per heavy atom. The Balaban J connectivity index is 2.19. The van der Waals surface area contributed by atoms with Crippen molar-refractivity contribution >= 4 is 5.97 Å². The molecule has 2 heteroatoms. The number of hydrogen-bond acceptors (Lipinski definition) is 1. The number of allylic oxidation sites excluding steroid dienone is 2. The van der Waals surface area contributed by atoms with Crippen molar-refractivity contribution in [2.24, 2.45) is 17.8 Å². The summed E-state index contributed by atoms with van der Waals surface area (Å²) in [6, 6.07) is 0. The number of fused-ring (bicyclic) bond motifs is 1. The molecule has 0 heterocycles. The SMILES string of the molecule is C=C(C(=O)O)C1CCC(C)=C2CCC(C)C2C1. The number of hydrogen-bond donors (Lipinski definition) is 1. The van der Waals surface area contributed by atoms with E-state index in [0.29, 0.717) is 17.4 Å². The Labute approximate surface area is 103 Å². The number of rotatable bonds is 2. The van der Waals surface area contributed by atoms with Crippen LogP contribution in [0.4, 0.5) is 0 Å². The van der Waals surface area contributed by atoms with Crippen LogP contribution in [0.25, 0.3) is 0 Å². The fraction of sp³-hybridized carbons (Fsp3) is 0.667. The van der Waals surface area contributed by atoms with Gasteiger partial charge >= 0.3 is 5.97 Å². The number of carboxylic acids is 1. The summed E-state index contributed by atoms with van der Waals surface area (Å²) in [5, 5.41) is 9.09. The first-order chi connectivity index (χ1) is 8.00. The van der Waals surface area contributed by atoms with Gasteiger partial charge in [-0.15, -0.1) is 0 Å². The topological polar surface area (TPSA) is 37.3 Å². The van der Waals surface area contributed by atoms with Gasteiger partial charge in [-0.1, -0.05) is 24.6 Å². The van der Waals surface area contributed by atoms with Gasteiger partial charge in [0.25, 0.3) is 0 Å². The lowest BCUT2D eigenvalue weighted by Gasteiger charge is -2.21. The van der Waals surface area contributed by atoms with Crippen LogP contribution >= 0.6 is 0 Å². The van der Waals surface area contributed by atoms with Gasteiger partial charge in [-0.05, 0) is 56.8 Å². The smallest absolute Gasteiger partial charge is 0.331 e. The van der Waals surface area contributed by atoms with Gasteiger partial charge in [0.2, 0.25) is 0 Å². The van der Waals surface area contributed by atoms with Crippen LogP contribution in [0, 0.1) is 17.8 Å². The van der Waals surface area contributed by atoms with Crippen molar-refractivity contribution in [2.45, 2.75) is 46.0 Å². The number of carboxylic acid groups (broad SMARTS) is 1. The largest absolute Gasteiger partial charge is 0.478 e. The van der Waals surface area contributed by atoms with E-state index in [4.69, 9.17) is 5.11 Å². The van der Waals surface area contributed by atoms with Crippen molar-refractivity contribution < 1.29 is 9.90 Å². The molecule has 3 unspecified atom stereocenters. The van der Waals surface area contributed by atoms with E-state index in [2.05, 4.69) is 20.4 Å². The van der Waals surface area contributed by atoms with Crippen LogP contribution in [0.2, 0.25) is 0 Å². The molecular formula is C15H22O2. The molecular weight excluding hydrogens is 212 g/mol. The second kappa shape index (κ2) is 4.67. The quantitative estimate of drug-likeness (QED) is 0.583. The van der Waals surface area contributed by atoms with E-state index in [1.165, 1.54) is 18.4 Å². The number of carbonyl (C=O) groups is 1. The van der Waals surface area contributed by atoms with E-state index in [1.54, 1.807) is 5.57 Å². The molecule has 0 amide bonds. The highest BCUT2D eigenvalue weighted by Crippen LogP contribution is 2.46. The third kappa shape index (κ3) is 2.31. The van der Waals surface area contributed by atoms with Crippen LogP contribution < -0.4 is 0 Å². The molecule has 17 heavy (non-hydrogen) atoms. The summed E-state index contributed by atoms with van der Waals surface area (Å²) in [6.45, 7) is 8.30. The Morgan fingerprint density at radius 3 is 2.71 bits per heavy atom. The van der Waals surface area contributed by atoms with Gasteiger partial charge < -0.3 is 5.11 Å². The first kappa shape index (κ1) is 12.4. The molecule has 0 radical (unpaired) electrons. The summed E-state index contributed by atoms with van der Waals surface area (Å²) in [5.74, 6) is 0.674. The lowest BCUT2D eigenvalue weighted by Crippen LogP contribution is -2.16. The van der Waals surface area contributed by atoms with Crippen molar-refractivity contribution in [3.8, 4) is 0 Å². The second-order valence-corrected chi connectivity index (χ2v) is 5.73. The standard InChI is InChI=1S/C15H22O2/c1-9-4-6-12(11(3)15(16)17)8-14-10(2)5-7-13(9)14/h10,12,14H,3-8H2,1-2H3,(H,16,17). The first-order valence-corrected chi connectivity index (χ1v) is 6.61. The molecule has 0 aliphatic heterocycles. The molecule has 94 valence electrons. The summed E-state index contributed by atoms with van der Waals surface area (Å²) in [5.41, 5.74) is 3.55. The number of aliphatic carboxylic acids is 1. The Hall–Kier alpha value is -1.05. The molecule has 2 rings (SSSR count). The lowest BCUT2D eigenvalue weighted by molar-refractivity contribution is -0.133. The molecule has 2 aliphatic rings. The predicted octanol–water partition coefficient (Wildman–Crippen LogP) is 3.79. The van der Waals surface area contributed by atoms with Crippen LogP contribution in [0.15, 0.2) is 23.3 Å². The highest BCUT2D eigenvalue weighted by atomic mass is 16.4. The third-order valence-electron chi connectivity index (χ3n) is 4.73.